The third-order valence-corrected chi connectivity index (χ3v) is 9.41. The number of carbonyl (C=O) groups is 1. The minimum Gasteiger partial charge on any atom is -0.493 e. The largest absolute Gasteiger partial charge is 0.493 e. The Morgan fingerprint density at radius 1 is 0.722 bits per heavy atom. The Bertz CT molecular complexity index is 1550. The maximum absolute atomic E-state index is 13.7. The van der Waals surface area contributed by atoms with Crippen molar-refractivity contribution in [2.75, 3.05) is 113 Å². The van der Waals surface area contributed by atoms with E-state index in [1.807, 2.05) is 23.1 Å². The molecule has 10 nitrogen and oxygen atoms in total. The Morgan fingerprint density at radius 2 is 1.22 bits per heavy atom. The van der Waals surface area contributed by atoms with Gasteiger partial charge in [-0.3, -0.25) is 14.6 Å². The van der Waals surface area contributed by atoms with Crippen molar-refractivity contribution in [3.63, 3.8) is 0 Å². The average Bonchev–Trinajstić information content (AvgIpc) is 3.21. The molecule has 0 unspecified atom stereocenters. The van der Waals surface area contributed by atoms with Crippen molar-refractivity contribution < 1.29 is 28.5 Å². The van der Waals surface area contributed by atoms with Crippen molar-refractivity contribution in [2.24, 2.45) is 0 Å². The van der Waals surface area contributed by atoms with Gasteiger partial charge < -0.3 is 33.9 Å². The quantitative estimate of drug-likeness (QED) is 0.149. The minimum atomic E-state index is -0.0676. The lowest BCUT2D eigenvalue weighted by molar-refractivity contribution is 0.0358. The van der Waals surface area contributed by atoms with Crippen molar-refractivity contribution in [3.8, 4) is 17.2 Å². The third-order valence-electron chi connectivity index (χ3n) is 9.41. The van der Waals surface area contributed by atoms with Crippen LogP contribution in [0.3, 0.4) is 0 Å². The Labute approximate surface area is 323 Å². The van der Waals surface area contributed by atoms with Crippen molar-refractivity contribution in [3.05, 3.63) is 101 Å². The monoisotopic (exact) mass is 742 g/mol. The molecule has 0 radical (unpaired) electrons. The molecule has 2 saturated heterocycles. The fourth-order valence-corrected chi connectivity index (χ4v) is 6.55. The standard InChI is InChI=1S/C27H36N2O5.C17H26N2O/c1-21(17-22-9-6-5-7-10-22)20-29(12-8-11-28-13-15-34-16-14-28)27(30)23-18-24(31-2)26(33-4)25(19-23)32-3;1-16(14-17-6-3-2-4-7-17)15-18-8-5-9-19-10-12-20-13-11-19/h5-7,9-10,17-19H,8,11-16,20H2,1-4H3;2-4,6-7,14,18H,5,8-13,15H2,1H3/b21-17+;16-14+. The molecule has 3 aromatic carbocycles. The number of benzene rings is 3. The highest BCUT2D eigenvalue weighted by molar-refractivity contribution is 5.96. The van der Waals surface area contributed by atoms with Crippen LogP contribution in [0.2, 0.25) is 0 Å². The topological polar surface area (TPSA) is 85.0 Å². The number of carbonyl (C=O) groups excluding carboxylic acids is 1. The second-order valence-corrected chi connectivity index (χ2v) is 13.7. The average molecular weight is 743 g/mol. The van der Waals surface area contributed by atoms with E-state index in [1.54, 1.807) is 33.5 Å². The smallest absolute Gasteiger partial charge is 0.254 e. The van der Waals surface area contributed by atoms with Crippen LogP contribution in [0.25, 0.3) is 12.2 Å². The van der Waals surface area contributed by atoms with Gasteiger partial charge in [-0.05, 0) is 63.0 Å². The predicted octanol–water partition coefficient (Wildman–Crippen LogP) is 6.38. The van der Waals surface area contributed by atoms with Gasteiger partial charge in [-0.2, -0.15) is 0 Å². The molecule has 294 valence electrons. The normalized spacial score (nSPS) is 15.6. The predicted molar refractivity (Wildman–Crippen MR) is 219 cm³/mol. The summed E-state index contributed by atoms with van der Waals surface area (Å²) < 4.78 is 27.1. The number of amides is 1. The van der Waals surface area contributed by atoms with Gasteiger partial charge in [0.25, 0.3) is 5.91 Å². The first-order valence-electron chi connectivity index (χ1n) is 19.2. The molecule has 1 amide bonds. The number of hydrogen-bond donors (Lipinski definition) is 1. The van der Waals surface area contributed by atoms with E-state index in [0.29, 0.717) is 35.9 Å². The molecule has 1 N–H and O–H groups in total. The number of nitrogens with one attached hydrogen (secondary N) is 1. The Morgan fingerprint density at radius 3 is 1.72 bits per heavy atom. The van der Waals surface area contributed by atoms with Gasteiger partial charge in [0, 0.05) is 57.9 Å². The van der Waals surface area contributed by atoms with Crippen molar-refractivity contribution in [2.45, 2.75) is 26.7 Å². The zero-order valence-corrected chi connectivity index (χ0v) is 33.2. The van der Waals surface area contributed by atoms with Gasteiger partial charge in [-0.25, -0.2) is 0 Å². The summed E-state index contributed by atoms with van der Waals surface area (Å²) in [7, 11) is 4.66. The van der Waals surface area contributed by atoms with Gasteiger partial charge >= 0.3 is 0 Å². The fraction of sp³-hybridized carbons (Fsp3) is 0.477. The second kappa shape index (κ2) is 24.3. The SMILES string of the molecule is C/C(=C\c1ccccc1)CNCCCN1CCOCC1.COc1cc(C(=O)N(CCCN2CCOCC2)C/C(C)=C/c2ccccc2)cc(OC)c1OC. The number of nitrogens with zero attached hydrogens (tertiary/aromatic N) is 3. The van der Waals surface area contributed by atoms with Crippen LogP contribution >= 0.6 is 0 Å². The molecule has 3 aromatic rings. The summed E-state index contributed by atoms with van der Waals surface area (Å²) >= 11 is 0. The fourth-order valence-electron chi connectivity index (χ4n) is 6.55. The molecule has 2 heterocycles. The first-order valence-corrected chi connectivity index (χ1v) is 19.2. The van der Waals surface area contributed by atoms with E-state index in [2.05, 4.69) is 83.6 Å². The highest BCUT2D eigenvalue weighted by atomic mass is 16.5. The van der Waals surface area contributed by atoms with Gasteiger partial charge in [0.05, 0.1) is 47.8 Å². The first-order chi connectivity index (χ1) is 26.4. The highest BCUT2D eigenvalue weighted by Crippen LogP contribution is 2.38. The van der Waals surface area contributed by atoms with Crippen LogP contribution in [0, 0.1) is 0 Å². The zero-order valence-electron chi connectivity index (χ0n) is 33.2. The number of hydrogen-bond acceptors (Lipinski definition) is 9. The molecule has 0 saturated carbocycles. The summed E-state index contributed by atoms with van der Waals surface area (Å²) in [6.07, 6.45) is 6.46. The van der Waals surface area contributed by atoms with E-state index in [1.165, 1.54) is 24.1 Å². The van der Waals surface area contributed by atoms with E-state index < -0.39 is 0 Å². The molecule has 2 aliphatic heterocycles. The molecule has 0 atom stereocenters. The minimum absolute atomic E-state index is 0.0676. The molecule has 5 rings (SSSR count). The molecular formula is C44H62N4O6. The first kappa shape index (κ1) is 42.6. The van der Waals surface area contributed by atoms with E-state index in [-0.39, 0.29) is 5.91 Å². The molecule has 0 bridgehead atoms. The van der Waals surface area contributed by atoms with E-state index in [4.69, 9.17) is 23.7 Å². The summed E-state index contributed by atoms with van der Waals surface area (Å²) in [5.41, 5.74) is 5.39. The van der Waals surface area contributed by atoms with Crippen molar-refractivity contribution in [1.82, 2.24) is 20.0 Å². The Balaban J connectivity index is 0.000000276. The van der Waals surface area contributed by atoms with Gasteiger partial charge in [0.1, 0.15) is 0 Å². The lowest BCUT2D eigenvalue weighted by Crippen LogP contribution is -2.39. The third kappa shape index (κ3) is 14.9. The van der Waals surface area contributed by atoms with Crippen LogP contribution in [0.1, 0.15) is 48.2 Å². The zero-order chi connectivity index (χ0) is 38.4. The van der Waals surface area contributed by atoms with Gasteiger partial charge in [0.15, 0.2) is 11.5 Å². The molecule has 2 fully saturated rings. The van der Waals surface area contributed by atoms with Gasteiger partial charge in [-0.15, -0.1) is 0 Å². The Hall–Kier alpha value is -4.19. The molecule has 2 aliphatic rings. The molecule has 10 heteroatoms. The van der Waals surface area contributed by atoms with Crippen LogP contribution in [-0.4, -0.2) is 134 Å². The summed E-state index contributed by atoms with van der Waals surface area (Å²) in [6.45, 7) is 17.0. The Kier molecular flexibility index (Phi) is 19.1. The molecule has 0 aromatic heterocycles. The molecule has 0 aliphatic carbocycles. The van der Waals surface area contributed by atoms with E-state index in [0.717, 1.165) is 89.8 Å². The summed E-state index contributed by atoms with van der Waals surface area (Å²) in [6, 6.07) is 24.1. The summed E-state index contributed by atoms with van der Waals surface area (Å²) in [4.78, 5) is 20.4. The van der Waals surface area contributed by atoms with Crippen LogP contribution in [0.15, 0.2) is 83.9 Å². The summed E-state index contributed by atoms with van der Waals surface area (Å²) in [5, 5.41) is 3.52. The van der Waals surface area contributed by atoms with Crippen LogP contribution in [0.5, 0.6) is 17.2 Å². The number of rotatable bonds is 18. The van der Waals surface area contributed by atoms with Gasteiger partial charge in [0.2, 0.25) is 5.75 Å². The molecule has 54 heavy (non-hydrogen) atoms. The second-order valence-electron chi connectivity index (χ2n) is 13.7. The maximum Gasteiger partial charge on any atom is 0.254 e. The van der Waals surface area contributed by atoms with Crippen molar-refractivity contribution in [1.29, 1.82) is 0 Å². The number of methoxy groups -OCH3 is 3. The van der Waals surface area contributed by atoms with Crippen LogP contribution in [-0.2, 0) is 9.47 Å². The number of morpholine rings is 2. The summed E-state index contributed by atoms with van der Waals surface area (Å²) in [5.74, 6) is 1.34. The van der Waals surface area contributed by atoms with Crippen molar-refractivity contribution >= 4 is 18.1 Å². The lowest BCUT2D eigenvalue weighted by atomic mass is 10.1. The number of ether oxygens (including phenoxy) is 5. The highest BCUT2D eigenvalue weighted by Gasteiger charge is 2.22. The van der Waals surface area contributed by atoms with Gasteiger partial charge in [-0.1, -0.05) is 84.0 Å². The van der Waals surface area contributed by atoms with E-state index >= 15 is 0 Å². The van der Waals surface area contributed by atoms with Crippen LogP contribution in [0.4, 0.5) is 0 Å². The van der Waals surface area contributed by atoms with E-state index in [9.17, 15) is 4.79 Å². The molecule has 0 spiro atoms. The maximum atomic E-state index is 13.7. The van der Waals surface area contributed by atoms with Crippen LogP contribution < -0.4 is 19.5 Å². The molecular weight excluding hydrogens is 681 g/mol. The lowest BCUT2D eigenvalue weighted by Gasteiger charge is -2.29.